The quantitative estimate of drug-likeness (QED) is 0.520. The van der Waals surface area contributed by atoms with Crippen molar-refractivity contribution >= 4 is 0 Å². The molecule has 2 aliphatic rings. The molecule has 0 aromatic heterocycles. The van der Waals surface area contributed by atoms with Crippen molar-refractivity contribution in [1.82, 2.24) is 0 Å². The van der Waals surface area contributed by atoms with Crippen molar-refractivity contribution in [3.8, 4) is 0 Å². The first-order valence-corrected chi connectivity index (χ1v) is 4.14. The molecule has 106 valence electrons. The van der Waals surface area contributed by atoms with Crippen LogP contribution in [-0.2, 0) is 26.2 Å². The predicted molar refractivity (Wildman–Crippen MR) is 82.1 cm³/mol. The van der Waals surface area contributed by atoms with Gasteiger partial charge in [-0.1, -0.05) is 0 Å². The van der Waals surface area contributed by atoms with E-state index in [1.165, 1.54) is 0 Å². The van der Waals surface area contributed by atoms with Gasteiger partial charge in [-0.2, -0.15) is 19.1 Å². The molecule has 0 fully saturated rings. The van der Waals surface area contributed by atoms with Crippen molar-refractivity contribution in [3.05, 3.63) is 85.2 Å². The largest absolute Gasteiger partial charge is 1.00 e. The molecule has 0 unspecified atom stereocenters. The van der Waals surface area contributed by atoms with Crippen LogP contribution in [0.25, 0.3) is 0 Å². The third-order valence-corrected chi connectivity index (χ3v) is 1.17. The summed E-state index contributed by atoms with van der Waals surface area (Å²) < 4.78 is 0. The van der Waals surface area contributed by atoms with Crippen molar-refractivity contribution in [2.75, 3.05) is 0 Å². The van der Waals surface area contributed by atoms with Crippen LogP contribution in [0.15, 0.2) is 36.5 Å². The van der Waals surface area contributed by atoms with Crippen LogP contribution in [0.2, 0.25) is 0 Å². The minimum Gasteiger partial charge on any atom is -1.00 e. The SMILES string of the molecule is [C-]1=CC=CC1.[C-]1=CC=CC1.[CH2-]C.[CH3-].[CH3-].[CH3-].[CH3-].[H-].[H-].[Zr]. The van der Waals surface area contributed by atoms with Crippen LogP contribution in [-0.4, -0.2) is 0 Å². The Kier molecular flexibility index (Phi) is 76.2. The van der Waals surface area contributed by atoms with Crippen molar-refractivity contribution in [3.63, 3.8) is 0 Å². The van der Waals surface area contributed by atoms with Gasteiger partial charge in [0.15, 0.2) is 0 Å². The molecule has 0 N–H and O–H groups in total. The van der Waals surface area contributed by atoms with Gasteiger partial charge in [0.2, 0.25) is 0 Å². The van der Waals surface area contributed by atoms with Crippen molar-refractivity contribution in [2.45, 2.75) is 19.8 Å². The topological polar surface area (TPSA) is 0 Å². The van der Waals surface area contributed by atoms with Crippen LogP contribution in [0.3, 0.4) is 0 Å². The maximum absolute atomic E-state index is 3.25. The normalized spacial score (nSPS) is 10.7. The van der Waals surface area contributed by atoms with Crippen LogP contribution < -0.4 is 0 Å². The average Bonchev–Trinajstić information content (AvgIpc) is 2.87. The van der Waals surface area contributed by atoms with E-state index in [-0.39, 0.29) is 58.8 Å². The van der Waals surface area contributed by atoms with Crippen LogP contribution in [0.4, 0.5) is 0 Å². The molecule has 0 saturated carbocycles. The zero-order valence-corrected chi connectivity index (χ0v) is 14.5. The summed E-state index contributed by atoms with van der Waals surface area (Å²) in [6.45, 7) is 5.00. The molecule has 0 aromatic rings. The molecule has 2 rings (SSSR count). The van der Waals surface area contributed by atoms with E-state index in [1.54, 1.807) is 6.92 Å². The Balaban J connectivity index is -0.0000000142. The van der Waals surface area contributed by atoms with Gasteiger partial charge in [-0.05, 0) is 0 Å². The molecule has 0 aromatic carbocycles. The van der Waals surface area contributed by atoms with Gasteiger partial charge < -0.3 is 39.5 Å². The minimum atomic E-state index is 0. The summed E-state index contributed by atoms with van der Waals surface area (Å²) in [5.41, 5.74) is 0. The first kappa shape index (κ1) is 36.0. The van der Waals surface area contributed by atoms with E-state index < -0.39 is 0 Å². The minimum absolute atomic E-state index is 0. The molecule has 1 heteroatoms. The van der Waals surface area contributed by atoms with E-state index >= 15 is 0 Å². The smallest absolute Gasteiger partial charge is 0 e. The zero-order chi connectivity index (χ0) is 9.07. The number of rotatable bonds is 0. The van der Waals surface area contributed by atoms with Crippen molar-refractivity contribution < 1.29 is 29.1 Å². The maximum atomic E-state index is 3.25. The Morgan fingerprint density at radius 1 is 0.824 bits per heavy atom. The standard InChI is InChI=1S/2C5H5.C2H5.4CH3.Zr.2H/c2*1-2-4-5-3-1;1-2;;;;;;;/h2*1-3H,4H2;1H2,2H3;4*1H3;;;/q7*-1;;2*-1. The monoisotopic (exact) mass is 311 g/mol. The molecular weight excluding hydrogens is 283 g/mol. The van der Waals surface area contributed by atoms with Gasteiger partial charge in [0.25, 0.3) is 0 Å². The summed E-state index contributed by atoms with van der Waals surface area (Å²) in [5.74, 6) is 0. The molecule has 0 atom stereocenters. The summed E-state index contributed by atoms with van der Waals surface area (Å²) in [4.78, 5) is 0. The van der Waals surface area contributed by atoms with Gasteiger partial charge in [0.05, 0.1) is 0 Å². The Bertz CT molecular complexity index is 153. The molecular formula is C16H29Zr-9. The van der Waals surface area contributed by atoms with Crippen LogP contribution in [0, 0.1) is 48.8 Å². The fourth-order valence-corrected chi connectivity index (χ4v) is 0.680. The first-order chi connectivity index (χ1) is 6.00. The van der Waals surface area contributed by atoms with Gasteiger partial charge in [-0.3, -0.25) is 12.2 Å². The molecule has 0 heterocycles. The number of allylic oxidation sites excluding steroid dienone is 8. The third kappa shape index (κ3) is 31.3. The van der Waals surface area contributed by atoms with E-state index in [0.29, 0.717) is 0 Å². The molecule has 0 nitrogen and oxygen atoms in total. The Morgan fingerprint density at radius 3 is 1.18 bits per heavy atom. The Hall–Kier alpha value is -0.157. The first-order valence-electron chi connectivity index (χ1n) is 4.14. The predicted octanol–water partition coefficient (Wildman–Crippen LogP) is 5.48. The van der Waals surface area contributed by atoms with Gasteiger partial charge in [-0.25, -0.2) is 24.3 Å². The fourth-order valence-electron chi connectivity index (χ4n) is 0.680. The summed E-state index contributed by atoms with van der Waals surface area (Å²) in [6.07, 6.45) is 20.0. The van der Waals surface area contributed by atoms with Crippen molar-refractivity contribution in [2.24, 2.45) is 0 Å². The van der Waals surface area contributed by atoms with E-state index in [4.69, 9.17) is 0 Å². The van der Waals surface area contributed by atoms with Crippen LogP contribution in [0.1, 0.15) is 22.6 Å². The van der Waals surface area contributed by atoms with E-state index in [2.05, 4.69) is 31.2 Å². The van der Waals surface area contributed by atoms with Crippen molar-refractivity contribution in [1.29, 1.82) is 0 Å². The van der Waals surface area contributed by atoms with E-state index in [1.807, 2.05) is 24.3 Å². The van der Waals surface area contributed by atoms with Crippen LogP contribution in [0.5, 0.6) is 0 Å². The van der Waals surface area contributed by atoms with Gasteiger partial charge >= 0.3 is 0 Å². The van der Waals surface area contributed by atoms with Gasteiger partial charge in [0, 0.05) is 26.2 Å². The van der Waals surface area contributed by atoms with Crippen LogP contribution >= 0.6 is 0 Å². The summed E-state index contributed by atoms with van der Waals surface area (Å²) in [6, 6.07) is 0. The average molecular weight is 313 g/mol. The molecule has 17 heavy (non-hydrogen) atoms. The van der Waals surface area contributed by atoms with E-state index in [0.717, 1.165) is 12.8 Å². The fraction of sp³-hybridized carbons (Fsp3) is 0.188. The molecule has 0 amide bonds. The molecule has 0 saturated heterocycles. The molecule has 0 spiro atoms. The molecule has 2 aliphatic carbocycles. The number of hydrogen-bond donors (Lipinski definition) is 0. The molecule has 0 bridgehead atoms. The summed E-state index contributed by atoms with van der Waals surface area (Å²) in [5, 5.41) is 0. The Morgan fingerprint density at radius 2 is 1.12 bits per heavy atom. The summed E-state index contributed by atoms with van der Waals surface area (Å²) >= 11 is 0. The van der Waals surface area contributed by atoms with E-state index in [9.17, 15) is 0 Å². The molecule has 0 aliphatic heterocycles. The zero-order valence-electron chi connectivity index (χ0n) is 14.1. The summed E-state index contributed by atoms with van der Waals surface area (Å²) in [7, 11) is 0. The second-order valence-electron chi connectivity index (χ2n) is 2.01. The second kappa shape index (κ2) is 36.0. The number of hydrogen-bond acceptors (Lipinski definition) is 0. The maximum Gasteiger partial charge on any atom is 0 e. The van der Waals surface area contributed by atoms with Gasteiger partial charge in [-0.15, -0.1) is 12.8 Å². The van der Waals surface area contributed by atoms with Gasteiger partial charge in [0.1, 0.15) is 0 Å². The molecule has 0 radical (unpaired) electrons. The second-order valence-corrected chi connectivity index (χ2v) is 2.01. The third-order valence-electron chi connectivity index (χ3n) is 1.17. The Labute approximate surface area is 134 Å².